The highest BCUT2D eigenvalue weighted by atomic mass is 16.5. The molecule has 68 valence electrons. The van der Waals surface area contributed by atoms with Crippen LogP contribution in [0.2, 0.25) is 0 Å². The van der Waals surface area contributed by atoms with Crippen molar-refractivity contribution >= 4 is 5.91 Å². The molecule has 1 aromatic carbocycles. The lowest BCUT2D eigenvalue weighted by Gasteiger charge is -2.04. The van der Waals surface area contributed by atoms with Gasteiger partial charge in [-0.05, 0) is 17.7 Å². The number of nitrogens with one attached hydrogen (secondary N) is 1. The molecule has 4 nitrogen and oxygen atoms in total. The van der Waals surface area contributed by atoms with E-state index in [-0.39, 0.29) is 5.91 Å². The average molecular weight is 179 g/mol. The Hall–Kier alpha value is -1.39. The third kappa shape index (κ3) is 1.30. The van der Waals surface area contributed by atoms with Crippen LogP contribution in [-0.2, 0) is 6.54 Å². The van der Waals surface area contributed by atoms with Crippen molar-refractivity contribution in [2.75, 3.05) is 0 Å². The predicted octanol–water partition coefficient (Wildman–Crippen LogP) is -0.0868. The van der Waals surface area contributed by atoms with Crippen molar-refractivity contribution in [2.45, 2.75) is 12.8 Å². The van der Waals surface area contributed by atoms with Crippen molar-refractivity contribution in [1.82, 2.24) is 5.32 Å². The Morgan fingerprint density at radius 2 is 2.15 bits per heavy atom. The Labute approximate surface area is 74.8 Å². The number of rotatable bonds is 1. The molecule has 0 unspecified atom stereocenters. The van der Waals surface area contributed by atoms with E-state index in [0.29, 0.717) is 17.7 Å². The molecule has 0 radical (unpaired) electrons. The van der Waals surface area contributed by atoms with E-state index in [9.17, 15) is 4.79 Å². The van der Waals surface area contributed by atoms with Crippen LogP contribution in [0.25, 0.3) is 0 Å². The minimum absolute atomic E-state index is 0.103. The van der Waals surface area contributed by atoms with Gasteiger partial charge in [-0.25, -0.2) is 0 Å². The fourth-order valence-electron chi connectivity index (χ4n) is 1.41. The summed E-state index contributed by atoms with van der Waals surface area (Å²) in [4.78, 5) is 11.1. The lowest BCUT2D eigenvalue weighted by atomic mass is 10.1. The third-order valence-corrected chi connectivity index (χ3v) is 2.11. The monoisotopic (exact) mass is 179 g/mol. The second kappa shape index (κ2) is 2.83. The molecule has 0 bridgehead atoms. The Kier molecular flexibility index (Phi) is 1.79. The molecule has 0 atom stereocenters. The van der Waals surface area contributed by atoms with Crippen molar-refractivity contribution in [3.05, 3.63) is 34.9 Å². The van der Waals surface area contributed by atoms with Crippen molar-refractivity contribution in [2.24, 2.45) is 0 Å². The third-order valence-electron chi connectivity index (χ3n) is 2.11. The maximum Gasteiger partial charge on any atom is 0.251 e. The molecule has 1 heterocycles. The summed E-state index contributed by atoms with van der Waals surface area (Å²) in [5.74, 6) is -0.103. The van der Waals surface area contributed by atoms with Crippen LogP contribution in [0, 0.1) is 0 Å². The summed E-state index contributed by atoms with van der Waals surface area (Å²) in [7, 11) is 0. The molecule has 0 spiro atoms. The van der Waals surface area contributed by atoms with Crippen LogP contribution < -0.4 is 5.32 Å². The van der Waals surface area contributed by atoms with Crippen LogP contribution >= 0.6 is 0 Å². The zero-order valence-corrected chi connectivity index (χ0v) is 6.82. The maximum absolute atomic E-state index is 11.1. The van der Waals surface area contributed by atoms with Crippen LogP contribution in [-0.4, -0.2) is 16.1 Å². The molecule has 13 heavy (non-hydrogen) atoms. The predicted molar refractivity (Wildman–Crippen MR) is 44.8 cm³/mol. The molecule has 0 fully saturated rings. The summed E-state index contributed by atoms with van der Waals surface area (Å²) < 4.78 is 0. The Bertz CT molecular complexity index is 360. The molecule has 3 N–H and O–H groups in total. The number of hydrogen-bond acceptors (Lipinski definition) is 3. The van der Waals surface area contributed by atoms with Crippen LogP contribution in [0.1, 0.15) is 27.8 Å². The number of aliphatic hydroxyl groups is 2. The van der Waals surface area contributed by atoms with Crippen molar-refractivity contribution in [3.8, 4) is 0 Å². The van der Waals surface area contributed by atoms with Gasteiger partial charge in [0.15, 0.2) is 6.29 Å². The van der Waals surface area contributed by atoms with Crippen LogP contribution in [0.4, 0.5) is 0 Å². The summed E-state index contributed by atoms with van der Waals surface area (Å²) in [6, 6.07) is 4.76. The van der Waals surface area contributed by atoms with Gasteiger partial charge in [0.25, 0.3) is 5.91 Å². The molecular weight excluding hydrogens is 170 g/mol. The summed E-state index contributed by atoms with van der Waals surface area (Å²) in [6.07, 6.45) is -1.47. The van der Waals surface area contributed by atoms with Gasteiger partial charge in [0.1, 0.15) is 0 Å². The van der Waals surface area contributed by atoms with E-state index in [1.165, 1.54) is 6.07 Å². The number of amides is 1. The molecule has 0 aliphatic carbocycles. The lowest BCUT2D eigenvalue weighted by molar-refractivity contribution is -0.0425. The first-order valence-electron chi connectivity index (χ1n) is 3.95. The normalized spacial score (nSPS) is 14.5. The molecule has 0 saturated carbocycles. The largest absolute Gasteiger partial charge is 0.364 e. The molecule has 1 amide bonds. The van der Waals surface area contributed by atoms with Gasteiger partial charge in [-0.2, -0.15) is 0 Å². The number of benzene rings is 1. The summed E-state index contributed by atoms with van der Waals surface area (Å²) in [5, 5.41) is 20.4. The fraction of sp³-hybridized carbons (Fsp3) is 0.222. The molecule has 1 aromatic rings. The fourth-order valence-corrected chi connectivity index (χ4v) is 1.41. The minimum Gasteiger partial charge on any atom is -0.364 e. The Morgan fingerprint density at radius 1 is 1.38 bits per heavy atom. The second-order valence-corrected chi connectivity index (χ2v) is 2.97. The number of aliphatic hydroxyl groups excluding tert-OH is 1. The van der Waals surface area contributed by atoms with Crippen LogP contribution in [0.3, 0.4) is 0 Å². The highest BCUT2D eigenvalue weighted by molar-refractivity contribution is 5.98. The molecule has 2 rings (SSSR count). The van der Waals surface area contributed by atoms with Gasteiger partial charge in [-0.1, -0.05) is 6.07 Å². The van der Waals surface area contributed by atoms with Crippen molar-refractivity contribution < 1.29 is 15.0 Å². The first-order valence-corrected chi connectivity index (χ1v) is 3.95. The Balaban J connectivity index is 2.45. The summed E-state index contributed by atoms with van der Waals surface area (Å²) in [5.41, 5.74) is 1.84. The first kappa shape index (κ1) is 8.22. The highest BCUT2D eigenvalue weighted by Crippen LogP contribution is 2.19. The van der Waals surface area contributed by atoms with Gasteiger partial charge in [-0.3, -0.25) is 4.79 Å². The van der Waals surface area contributed by atoms with Gasteiger partial charge in [0.2, 0.25) is 0 Å². The quantitative estimate of drug-likeness (QED) is 0.528. The van der Waals surface area contributed by atoms with Crippen molar-refractivity contribution in [3.63, 3.8) is 0 Å². The maximum atomic E-state index is 11.1. The van der Waals surface area contributed by atoms with E-state index < -0.39 is 6.29 Å². The zero-order chi connectivity index (χ0) is 9.42. The summed E-state index contributed by atoms with van der Waals surface area (Å²) in [6.45, 7) is 0.467. The number of fused-ring (bicyclic) bond motifs is 1. The molecule has 0 saturated heterocycles. The van der Waals surface area contributed by atoms with Gasteiger partial charge < -0.3 is 15.5 Å². The SMILES string of the molecule is O=C1NCc2cc(C(O)O)ccc21. The van der Waals surface area contributed by atoms with E-state index >= 15 is 0 Å². The molecule has 0 aromatic heterocycles. The van der Waals surface area contributed by atoms with Crippen molar-refractivity contribution in [1.29, 1.82) is 0 Å². The van der Waals surface area contributed by atoms with E-state index in [0.717, 1.165) is 5.56 Å². The molecular formula is C9H9NO3. The number of carbonyl (C=O) groups excluding carboxylic acids is 1. The highest BCUT2D eigenvalue weighted by Gasteiger charge is 2.19. The molecule has 4 heteroatoms. The molecule has 1 aliphatic rings. The van der Waals surface area contributed by atoms with Gasteiger partial charge >= 0.3 is 0 Å². The van der Waals surface area contributed by atoms with Crippen LogP contribution in [0.15, 0.2) is 18.2 Å². The first-order chi connectivity index (χ1) is 6.18. The lowest BCUT2D eigenvalue weighted by Crippen LogP contribution is -2.12. The van der Waals surface area contributed by atoms with E-state index in [2.05, 4.69) is 5.32 Å². The standard InChI is InChI=1S/C9H9NO3/c11-8-7-2-1-5(9(12)13)3-6(7)4-10-8/h1-3,9,12-13H,4H2,(H,10,11). The molecule has 1 aliphatic heterocycles. The average Bonchev–Trinajstić information content (AvgIpc) is 2.47. The second-order valence-electron chi connectivity index (χ2n) is 2.97. The van der Waals surface area contributed by atoms with Gasteiger partial charge in [-0.15, -0.1) is 0 Å². The van der Waals surface area contributed by atoms with E-state index in [1.807, 2.05) is 0 Å². The summed E-state index contributed by atoms with van der Waals surface area (Å²) >= 11 is 0. The van der Waals surface area contributed by atoms with Gasteiger partial charge in [0.05, 0.1) is 0 Å². The topological polar surface area (TPSA) is 69.6 Å². The van der Waals surface area contributed by atoms with E-state index in [1.54, 1.807) is 12.1 Å². The zero-order valence-electron chi connectivity index (χ0n) is 6.82. The van der Waals surface area contributed by atoms with E-state index in [4.69, 9.17) is 10.2 Å². The Morgan fingerprint density at radius 3 is 2.85 bits per heavy atom. The minimum atomic E-state index is -1.47. The van der Waals surface area contributed by atoms with Crippen LogP contribution in [0.5, 0.6) is 0 Å². The number of hydrogen-bond donors (Lipinski definition) is 3. The smallest absolute Gasteiger partial charge is 0.251 e. The van der Waals surface area contributed by atoms with Gasteiger partial charge in [0, 0.05) is 17.7 Å². The number of carbonyl (C=O) groups is 1.